The molecule has 182 valence electrons. The van der Waals surface area contributed by atoms with Crippen molar-refractivity contribution in [3.8, 4) is 5.75 Å². The number of ether oxygens (including phenoxy) is 1. The van der Waals surface area contributed by atoms with Crippen molar-refractivity contribution in [1.29, 1.82) is 0 Å². The topological polar surface area (TPSA) is 79.0 Å². The van der Waals surface area contributed by atoms with Gasteiger partial charge in [-0.25, -0.2) is 8.42 Å². The van der Waals surface area contributed by atoms with E-state index < -0.39 is 22.0 Å². The number of benzene rings is 3. The van der Waals surface area contributed by atoms with E-state index in [1.54, 1.807) is 36.4 Å². The van der Waals surface area contributed by atoms with Crippen LogP contribution in [0.1, 0.15) is 18.4 Å². The van der Waals surface area contributed by atoms with Crippen molar-refractivity contribution in [3.63, 3.8) is 0 Å². The summed E-state index contributed by atoms with van der Waals surface area (Å²) in [6.45, 7) is 3.78. The molecule has 5 rings (SSSR count). The predicted molar refractivity (Wildman–Crippen MR) is 138 cm³/mol. The van der Waals surface area contributed by atoms with Gasteiger partial charge < -0.3 is 15.0 Å². The Morgan fingerprint density at radius 1 is 1.00 bits per heavy atom. The van der Waals surface area contributed by atoms with Crippen LogP contribution in [0.2, 0.25) is 5.02 Å². The number of carbonyl (C=O) groups excluding carboxylic acids is 1. The quantitative estimate of drug-likeness (QED) is 0.530. The maximum Gasteiger partial charge on any atom is 0.267 e. The summed E-state index contributed by atoms with van der Waals surface area (Å²) in [6, 6.07) is 19.0. The Kier molecular flexibility index (Phi) is 6.34. The Bertz CT molecular complexity index is 1340. The van der Waals surface area contributed by atoms with Gasteiger partial charge in [0.1, 0.15) is 5.75 Å². The third-order valence-electron chi connectivity index (χ3n) is 6.30. The van der Waals surface area contributed by atoms with Crippen molar-refractivity contribution in [1.82, 2.24) is 0 Å². The van der Waals surface area contributed by atoms with Crippen molar-refractivity contribution in [2.24, 2.45) is 0 Å². The number of halogens is 1. The Morgan fingerprint density at radius 3 is 2.37 bits per heavy atom. The van der Waals surface area contributed by atoms with Crippen LogP contribution in [-0.2, 0) is 14.8 Å². The van der Waals surface area contributed by atoms with Crippen molar-refractivity contribution < 1.29 is 17.9 Å². The molecule has 1 amide bonds. The molecule has 0 unspecified atom stereocenters. The Balaban J connectivity index is 1.40. The number of amides is 1. The molecule has 0 bridgehead atoms. The van der Waals surface area contributed by atoms with Crippen molar-refractivity contribution in [2.75, 3.05) is 34.2 Å². The number of anilines is 3. The molecule has 1 fully saturated rings. The van der Waals surface area contributed by atoms with Crippen LogP contribution >= 0.6 is 11.6 Å². The van der Waals surface area contributed by atoms with Gasteiger partial charge in [0, 0.05) is 29.5 Å². The zero-order chi connectivity index (χ0) is 24.6. The second-order valence-corrected chi connectivity index (χ2v) is 11.1. The first-order chi connectivity index (χ1) is 16.8. The van der Waals surface area contributed by atoms with Crippen LogP contribution in [0.4, 0.5) is 17.1 Å². The maximum absolute atomic E-state index is 13.6. The first-order valence-electron chi connectivity index (χ1n) is 11.5. The fourth-order valence-electron chi connectivity index (χ4n) is 4.38. The van der Waals surface area contributed by atoms with Gasteiger partial charge in [0.2, 0.25) is 0 Å². The molecule has 9 heteroatoms. The van der Waals surface area contributed by atoms with E-state index in [0.29, 0.717) is 16.4 Å². The zero-order valence-corrected chi connectivity index (χ0v) is 20.8. The number of carbonyl (C=O) groups is 1. The third kappa shape index (κ3) is 4.81. The minimum absolute atomic E-state index is 0.132. The maximum atomic E-state index is 13.6. The molecule has 1 saturated heterocycles. The molecule has 35 heavy (non-hydrogen) atoms. The van der Waals surface area contributed by atoms with E-state index in [1.165, 1.54) is 23.2 Å². The van der Waals surface area contributed by atoms with E-state index in [0.717, 1.165) is 24.3 Å². The molecule has 7 nitrogen and oxygen atoms in total. The van der Waals surface area contributed by atoms with Gasteiger partial charge in [-0.1, -0.05) is 29.3 Å². The van der Waals surface area contributed by atoms with Crippen LogP contribution in [0.3, 0.4) is 0 Å². The number of aryl methyl sites for hydroxylation is 1. The smallest absolute Gasteiger partial charge is 0.267 e. The molecule has 0 radical (unpaired) electrons. The fraction of sp³-hybridized carbons (Fsp3) is 0.269. The van der Waals surface area contributed by atoms with Crippen molar-refractivity contribution >= 4 is 44.6 Å². The normalized spacial score (nSPS) is 17.6. The van der Waals surface area contributed by atoms with Gasteiger partial charge in [0.05, 0.1) is 17.1 Å². The van der Waals surface area contributed by atoms with E-state index in [2.05, 4.69) is 10.2 Å². The molecule has 2 aliphatic heterocycles. The lowest BCUT2D eigenvalue weighted by molar-refractivity contribution is -0.122. The number of nitrogens with one attached hydrogen (secondary N) is 1. The van der Waals surface area contributed by atoms with E-state index in [4.69, 9.17) is 16.3 Å². The van der Waals surface area contributed by atoms with Crippen LogP contribution in [0.5, 0.6) is 5.75 Å². The highest BCUT2D eigenvalue weighted by atomic mass is 35.5. The molecule has 0 saturated carbocycles. The summed E-state index contributed by atoms with van der Waals surface area (Å²) in [5.74, 6) is -0.149. The number of rotatable bonds is 5. The van der Waals surface area contributed by atoms with Gasteiger partial charge in [-0.15, -0.1) is 0 Å². The highest BCUT2D eigenvalue weighted by Crippen LogP contribution is 2.39. The van der Waals surface area contributed by atoms with E-state index in [-0.39, 0.29) is 17.2 Å². The summed E-state index contributed by atoms with van der Waals surface area (Å²) in [5, 5.41) is 3.23. The summed E-state index contributed by atoms with van der Waals surface area (Å²) in [5.41, 5.74) is 2.99. The lowest BCUT2D eigenvalue weighted by atomic mass is 10.2. The van der Waals surface area contributed by atoms with Crippen LogP contribution in [0, 0.1) is 6.92 Å². The monoisotopic (exact) mass is 511 g/mol. The Hall–Kier alpha value is -3.23. The first-order valence-corrected chi connectivity index (χ1v) is 13.3. The minimum atomic E-state index is -3.95. The predicted octanol–water partition coefficient (Wildman–Crippen LogP) is 4.84. The molecule has 1 N–H and O–H groups in total. The molecular formula is C26H26ClN3O4S. The summed E-state index contributed by atoms with van der Waals surface area (Å²) in [4.78, 5) is 15.6. The van der Waals surface area contributed by atoms with E-state index in [1.807, 2.05) is 31.2 Å². The molecule has 3 aromatic carbocycles. The fourth-order valence-corrected chi connectivity index (χ4v) is 6.01. The van der Waals surface area contributed by atoms with E-state index in [9.17, 15) is 13.2 Å². The number of nitrogens with zero attached hydrogens (tertiary/aromatic N) is 2. The van der Waals surface area contributed by atoms with Gasteiger partial charge in [-0.05, 0) is 74.4 Å². The van der Waals surface area contributed by atoms with Gasteiger partial charge >= 0.3 is 0 Å². The Labute approximate surface area is 210 Å². The average Bonchev–Trinajstić information content (AvgIpc) is 3.39. The second-order valence-electron chi connectivity index (χ2n) is 8.80. The van der Waals surface area contributed by atoms with Crippen LogP contribution in [0.25, 0.3) is 0 Å². The van der Waals surface area contributed by atoms with Gasteiger partial charge in [-0.2, -0.15) is 0 Å². The molecule has 1 atom stereocenters. The summed E-state index contributed by atoms with van der Waals surface area (Å²) in [7, 11) is -3.95. The molecule has 0 aromatic heterocycles. The lowest BCUT2D eigenvalue weighted by Crippen LogP contribution is -2.48. The molecule has 2 heterocycles. The molecule has 0 aliphatic carbocycles. The van der Waals surface area contributed by atoms with Crippen molar-refractivity contribution in [2.45, 2.75) is 30.8 Å². The van der Waals surface area contributed by atoms with Crippen molar-refractivity contribution in [3.05, 3.63) is 77.3 Å². The second kappa shape index (κ2) is 9.43. The van der Waals surface area contributed by atoms with Gasteiger partial charge in [0.15, 0.2) is 6.10 Å². The first kappa shape index (κ1) is 23.5. The van der Waals surface area contributed by atoms with Gasteiger partial charge in [0.25, 0.3) is 15.9 Å². The number of hydrogen-bond donors (Lipinski definition) is 1. The largest absolute Gasteiger partial charge is 0.476 e. The molecule has 0 spiro atoms. The number of hydrogen-bond acceptors (Lipinski definition) is 5. The van der Waals surface area contributed by atoms with Crippen LogP contribution < -0.4 is 19.3 Å². The SMILES string of the molecule is Cc1ccc(S(=O)(=O)N2C[C@H](C(=O)Nc3ccc(N4CCCC4)cc3)Oc3ccc(Cl)cc32)cc1. The van der Waals surface area contributed by atoms with E-state index >= 15 is 0 Å². The third-order valence-corrected chi connectivity index (χ3v) is 8.33. The average molecular weight is 512 g/mol. The number of fused-ring (bicyclic) bond motifs is 1. The summed E-state index contributed by atoms with van der Waals surface area (Å²) < 4.78 is 34.2. The molecule has 2 aliphatic rings. The highest BCUT2D eigenvalue weighted by molar-refractivity contribution is 7.92. The zero-order valence-electron chi connectivity index (χ0n) is 19.3. The Morgan fingerprint density at radius 2 is 1.69 bits per heavy atom. The molecule has 3 aromatic rings. The number of sulfonamides is 1. The van der Waals surface area contributed by atoms with Crippen LogP contribution in [0.15, 0.2) is 71.6 Å². The van der Waals surface area contributed by atoms with Crippen LogP contribution in [-0.4, -0.2) is 40.1 Å². The standard InChI is InChI=1S/C26H26ClN3O4S/c1-18-4-11-22(12-5-18)35(32,33)30-17-25(34-24-13-6-19(27)16-23(24)30)26(31)28-20-7-9-21(10-8-20)29-14-2-3-15-29/h4-13,16,25H,2-3,14-15,17H2,1H3,(H,28,31)/t25-/m1/s1. The molecular weight excluding hydrogens is 486 g/mol. The highest BCUT2D eigenvalue weighted by Gasteiger charge is 2.37. The summed E-state index contributed by atoms with van der Waals surface area (Å²) >= 11 is 6.17. The lowest BCUT2D eigenvalue weighted by Gasteiger charge is -2.35. The van der Waals surface area contributed by atoms with Gasteiger partial charge in [-0.3, -0.25) is 9.10 Å². The minimum Gasteiger partial charge on any atom is -0.476 e. The summed E-state index contributed by atoms with van der Waals surface area (Å²) in [6.07, 6.45) is 1.33.